The van der Waals surface area contributed by atoms with Gasteiger partial charge in [-0.25, -0.2) is 0 Å². The van der Waals surface area contributed by atoms with Crippen molar-refractivity contribution in [3.63, 3.8) is 0 Å². The molecule has 0 nitrogen and oxygen atoms in total. The highest BCUT2D eigenvalue weighted by molar-refractivity contribution is 6.22. The SMILES string of the molecule is CC1(C)c2ccccc2-c2cc(-c3c4ccccc4c(-c4ccc(-c5ccccc5)cc4)c4ccc(-c5ccccc5)cc34)ccc21. The van der Waals surface area contributed by atoms with Crippen molar-refractivity contribution in [2.45, 2.75) is 19.3 Å². The van der Waals surface area contributed by atoms with E-state index in [0.29, 0.717) is 0 Å². The lowest BCUT2D eigenvalue weighted by molar-refractivity contribution is 0.660. The lowest BCUT2D eigenvalue weighted by Crippen LogP contribution is -2.14. The fourth-order valence-corrected chi connectivity index (χ4v) is 7.95. The van der Waals surface area contributed by atoms with Crippen LogP contribution in [-0.4, -0.2) is 0 Å². The van der Waals surface area contributed by atoms with Crippen LogP contribution in [0.15, 0.2) is 170 Å². The van der Waals surface area contributed by atoms with Gasteiger partial charge in [0.25, 0.3) is 0 Å². The van der Waals surface area contributed by atoms with Crippen LogP contribution in [0.2, 0.25) is 0 Å². The van der Waals surface area contributed by atoms with Crippen LogP contribution in [-0.2, 0) is 5.41 Å². The molecule has 0 fully saturated rings. The van der Waals surface area contributed by atoms with Gasteiger partial charge in [0.1, 0.15) is 0 Å². The standard InChI is InChI=1S/C47H34/c1-47(2)43-20-12-11-17-37(43)41-30-36(26-28-44(41)47)46-39-19-10-9-18-38(39)45(34-23-21-33(22-24-34)31-13-5-3-6-14-31)40-27-25-35(29-42(40)46)32-15-7-4-8-16-32/h3-30H,1-2H3. The normalized spacial score (nSPS) is 13.1. The van der Waals surface area contributed by atoms with E-state index < -0.39 is 0 Å². The van der Waals surface area contributed by atoms with Crippen LogP contribution in [0.4, 0.5) is 0 Å². The molecule has 0 bridgehead atoms. The summed E-state index contributed by atoms with van der Waals surface area (Å²) in [6, 6.07) is 62.6. The molecule has 0 saturated carbocycles. The lowest BCUT2D eigenvalue weighted by Gasteiger charge is -2.22. The Morgan fingerprint density at radius 1 is 0.298 bits per heavy atom. The second-order valence-corrected chi connectivity index (χ2v) is 13.3. The maximum absolute atomic E-state index is 2.45. The Morgan fingerprint density at radius 2 is 0.766 bits per heavy atom. The highest BCUT2D eigenvalue weighted by atomic mass is 14.4. The highest BCUT2D eigenvalue weighted by Crippen LogP contribution is 2.51. The first-order valence-electron chi connectivity index (χ1n) is 16.5. The highest BCUT2D eigenvalue weighted by Gasteiger charge is 2.35. The molecule has 0 aromatic heterocycles. The van der Waals surface area contributed by atoms with Crippen LogP contribution < -0.4 is 0 Å². The van der Waals surface area contributed by atoms with Crippen molar-refractivity contribution in [2.75, 3.05) is 0 Å². The molecule has 0 heterocycles. The van der Waals surface area contributed by atoms with Gasteiger partial charge in [-0.1, -0.05) is 172 Å². The predicted molar refractivity (Wildman–Crippen MR) is 201 cm³/mol. The average molecular weight is 599 g/mol. The lowest BCUT2D eigenvalue weighted by atomic mass is 9.81. The van der Waals surface area contributed by atoms with Gasteiger partial charge in [-0.2, -0.15) is 0 Å². The quantitative estimate of drug-likeness (QED) is 0.177. The van der Waals surface area contributed by atoms with E-state index in [1.807, 2.05) is 0 Å². The van der Waals surface area contributed by atoms with Crippen LogP contribution in [0.1, 0.15) is 25.0 Å². The third-order valence-corrected chi connectivity index (χ3v) is 10.3. The van der Waals surface area contributed by atoms with Gasteiger partial charge in [-0.05, 0) is 100 Å². The van der Waals surface area contributed by atoms with Gasteiger partial charge in [0, 0.05) is 5.41 Å². The zero-order valence-corrected chi connectivity index (χ0v) is 26.7. The number of rotatable bonds is 4. The molecular formula is C47H34. The largest absolute Gasteiger partial charge is 0.0622 e. The number of fused-ring (bicyclic) bond motifs is 5. The zero-order chi connectivity index (χ0) is 31.5. The summed E-state index contributed by atoms with van der Waals surface area (Å²) in [6.07, 6.45) is 0. The summed E-state index contributed by atoms with van der Waals surface area (Å²) in [7, 11) is 0. The van der Waals surface area contributed by atoms with Crippen LogP contribution in [0.5, 0.6) is 0 Å². The molecule has 0 heteroatoms. The molecule has 1 aliphatic rings. The molecule has 0 amide bonds. The number of hydrogen-bond donors (Lipinski definition) is 0. The van der Waals surface area contributed by atoms with Crippen molar-refractivity contribution >= 4 is 21.5 Å². The second-order valence-electron chi connectivity index (χ2n) is 13.3. The maximum Gasteiger partial charge on any atom is 0.0158 e. The summed E-state index contributed by atoms with van der Waals surface area (Å²) >= 11 is 0. The minimum atomic E-state index is -0.0230. The van der Waals surface area contributed by atoms with E-state index in [1.165, 1.54) is 88.3 Å². The van der Waals surface area contributed by atoms with E-state index in [0.717, 1.165) is 0 Å². The fourth-order valence-electron chi connectivity index (χ4n) is 7.95. The van der Waals surface area contributed by atoms with Crippen molar-refractivity contribution in [1.29, 1.82) is 0 Å². The minimum Gasteiger partial charge on any atom is -0.0622 e. The summed E-state index contributed by atoms with van der Waals surface area (Å²) in [4.78, 5) is 0. The van der Waals surface area contributed by atoms with Gasteiger partial charge >= 0.3 is 0 Å². The molecule has 0 N–H and O–H groups in total. The summed E-state index contributed by atoms with van der Waals surface area (Å²) in [5, 5.41) is 5.10. The Kier molecular flexibility index (Phi) is 6.27. The van der Waals surface area contributed by atoms with Gasteiger partial charge in [0.05, 0.1) is 0 Å². The minimum absolute atomic E-state index is 0.0230. The van der Waals surface area contributed by atoms with E-state index in [1.54, 1.807) is 0 Å². The molecule has 9 rings (SSSR count). The van der Waals surface area contributed by atoms with Crippen LogP contribution in [0, 0.1) is 0 Å². The van der Waals surface area contributed by atoms with E-state index in [9.17, 15) is 0 Å². The van der Waals surface area contributed by atoms with Crippen molar-refractivity contribution in [3.05, 3.63) is 181 Å². The van der Waals surface area contributed by atoms with Crippen molar-refractivity contribution in [3.8, 4) is 55.6 Å². The second kappa shape index (κ2) is 10.7. The Balaban J connectivity index is 1.33. The maximum atomic E-state index is 2.45. The van der Waals surface area contributed by atoms with Crippen molar-refractivity contribution < 1.29 is 0 Å². The molecule has 0 atom stereocenters. The first-order valence-corrected chi connectivity index (χ1v) is 16.5. The molecule has 8 aromatic rings. The van der Waals surface area contributed by atoms with Gasteiger partial charge in [-0.15, -0.1) is 0 Å². The summed E-state index contributed by atoms with van der Waals surface area (Å²) in [5.41, 5.74) is 15.5. The van der Waals surface area contributed by atoms with E-state index in [4.69, 9.17) is 0 Å². The Labute approximate surface area is 276 Å². The molecule has 222 valence electrons. The Hall–Kier alpha value is -5.72. The van der Waals surface area contributed by atoms with E-state index >= 15 is 0 Å². The fraction of sp³-hybridized carbons (Fsp3) is 0.0638. The molecule has 0 saturated heterocycles. The van der Waals surface area contributed by atoms with E-state index in [2.05, 4.69) is 184 Å². The number of hydrogen-bond acceptors (Lipinski definition) is 0. The molecule has 0 spiro atoms. The van der Waals surface area contributed by atoms with Crippen molar-refractivity contribution in [1.82, 2.24) is 0 Å². The third kappa shape index (κ3) is 4.37. The monoisotopic (exact) mass is 598 g/mol. The van der Waals surface area contributed by atoms with Gasteiger partial charge < -0.3 is 0 Å². The first-order chi connectivity index (χ1) is 23.1. The molecule has 0 aliphatic heterocycles. The zero-order valence-electron chi connectivity index (χ0n) is 26.7. The van der Waals surface area contributed by atoms with Gasteiger partial charge in [0.2, 0.25) is 0 Å². The summed E-state index contributed by atoms with van der Waals surface area (Å²) < 4.78 is 0. The molecular weight excluding hydrogens is 565 g/mol. The van der Waals surface area contributed by atoms with Gasteiger partial charge in [0.15, 0.2) is 0 Å². The predicted octanol–water partition coefficient (Wildman–Crippen LogP) is 13.0. The summed E-state index contributed by atoms with van der Waals surface area (Å²) in [6.45, 7) is 4.71. The molecule has 47 heavy (non-hydrogen) atoms. The van der Waals surface area contributed by atoms with Gasteiger partial charge in [-0.3, -0.25) is 0 Å². The molecule has 1 aliphatic carbocycles. The van der Waals surface area contributed by atoms with Crippen LogP contribution in [0.3, 0.4) is 0 Å². The summed E-state index contributed by atoms with van der Waals surface area (Å²) in [5.74, 6) is 0. The molecule has 0 radical (unpaired) electrons. The molecule has 0 unspecified atom stereocenters. The topological polar surface area (TPSA) is 0 Å². The van der Waals surface area contributed by atoms with E-state index in [-0.39, 0.29) is 5.41 Å². The Bertz CT molecular complexity index is 2450. The van der Waals surface area contributed by atoms with Crippen LogP contribution >= 0.6 is 0 Å². The van der Waals surface area contributed by atoms with Crippen LogP contribution in [0.25, 0.3) is 77.2 Å². The average Bonchev–Trinajstić information content (AvgIpc) is 3.36. The Morgan fingerprint density at radius 3 is 1.47 bits per heavy atom. The molecule has 8 aromatic carbocycles. The number of benzene rings is 8. The van der Waals surface area contributed by atoms with Crippen molar-refractivity contribution in [2.24, 2.45) is 0 Å². The first kappa shape index (κ1) is 27.6. The smallest absolute Gasteiger partial charge is 0.0158 e. The third-order valence-electron chi connectivity index (χ3n) is 10.3.